The van der Waals surface area contributed by atoms with Crippen molar-refractivity contribution >= 4 is 15.7 Å². The maximum Gasteiger partial charge on any atom is 0.416 e. The molecule has 1 amide bonds. The number of nitrogens with one attached hydrogen (secondary N) is 1. The van der Waals surface area contributed by atoms with Crippen molar-refractivity contribution < 1.29 is 26.4 Å². The molecule has 0 aromatic heterocycles. The first kappa shape index (κ1) is 20.2. The molecule has 156 valence electrons. The number of benzene rings is 1. The predicted molar refractivity (Wildman–Crippen MR) is 97.5 cm³/mol. The molecule has 4 fully saturated rings. The van der Waals surface area contributed by atoms with Gasteiger partial charge in [-0.15, -0.1) is 0 Å². The van der Waals surface area contributed by atoms with Crippen LogP contribution in [0.1, 0.15) is 54.4 Å². The fraction of sp³-hybridized carbons (Fsp3) is 0.600. The van der Waals surface area contributed by atoms with Crippen LogP contribution in [0, 0.1) is 28.6 Å². The summed E-state index contributed by atoms with van der Waals surface area (Å²) < 4.78 is 63.6. The summed E-state index contributed by atoms with van der Waals surface area (Å²) in [5, 5.41) is 12.6. The smallest absolute Gasteiger partial charge is 0.346 e. The molecule has 4 saturated carbocycles. The largest absolute Gasteiger partial charge is 0.416 e. The highest BCUT2D eigenvalue weighted by atomic mass is 32.2. The molecule has 0 saturated heterocycles. The highest BCUT2D eigenvalue weighted by Crippen LogP contribution is 2.61. The molecule has 4 bridgehead atoms. The van der Waals surface area contributed by atoms with E-state index in [2.05, 4.69) is 11.4 Å². The summed E-state index contributed by atoms with van der Waals surface area (Å²) in [5.41, 5.74) is -2.75. The Morgan fingerprint density at radius 1 is 1.21 bits per heavy atom. The van der Waals surface area contributed by atoms with E-state index in [0.717, 1.165) is 31.6 Å². The van der Waals surface area contributed by atoms with Gasteiger partial charge in [-0.3, -0.25) is 4.79 Å². The number of rotatable bonds is 3. The van der Waals surface area contributed by atoms with Crippen molar-refractivity contribution in [3.8, 4) is 6.07 Å². The summed E-state index contributed by atoms with van der Waals surface area (Å²) in [5.74, 6) is -0.231. The van der Waals surface area contributed by atoms with Crippen LogP contribution in [0.2, 0.25) is 0 Å². The Morgan fingerprint density at radius 3 is 2.34 bits per heavy atom. The van der Waals surface area contributed by atoms with Gasteiger partial charge in [-0.05, 0) is 68.6 Å². The van der Waals surface area contributed by atoms with Gasteiger partial charge in [0.15, 0.2) is 9.84 Å². The second-order valence-electron chi connectivity index (χ2n) is 9.07. The topological polar surface area (TPSA) is 87.0 Å². The Bertz CT molecular complexity index is 1010. The van der Waals surface area contributed by atoms with Crippen LogP contribution in [0.15, 0.2) is 23.1 Å². The fourth-order valence-corrected chi connectivity index (χ4v) is 6.92. The van der Waals surface area contributed by atoms with E-state index < -0.39 is 48.9 Å². The summed E-state index contributed by atoms with van der Waals surface area (Å²) in [7, 11) is -3.90. The maximum absolute atomic E-state index is 13.2. The van der Waals surface area contributed by atoms with Crippen molar-refractivity contribution in [2.45, 2.75) is 55.1 Å². The molecule has 9 heteroatoms. The Morgan fingerprint density at radius 2 is 1.83 bits per heavy atom. The molecular formula is C20H21F3N2O3S. The lowest BCUT2D eigenvalue weighted by molar-refractivity contribution is -0.137. The van der Waals surface area contributed by atoms with Gasteiger partial charge in [-0.1, -0.05) is 0 Å². The highest BCUT2D eigenvalue weighted by molar-refractivity contribution is 7.90. The zero-order valence-electron chi connectivity index (χ0n) is 15.8. The summed E-state index contributed by atoms with van der Waals surface area (Å²) >= 11 is 0. The quantitative estimate of drug-likeness (QED) is 0.798. The van der Waals surface area contributed by atoms with Crippen molar-refractivity contribution in [2.24, 2.45) is 17.3 Å². The summed E-state index contributed by atoms with van der Waals surface area (Å²) in [6, 6.07) is 4.53. The van der Waals surface area contributed by atoms with Gasteiger partial charge in [0, 0.05) is 11.8 Å². The standard InChI is InChI=1S/C20H21F3N2O3S/c1-29(27,28)16-3-2-14(20(21,22)23)5-15(16)17(26)25-19-8-12-4-13(9-19)7-18(6-12,10-19)11-24/h2-3,5,12-13H,4,6-10H2,1H3,(H,25,26)/t12-,13?,18?,19?/m1/s1. The molecule has 0 aliphatic heterocycles. The van der Waals surface area contributed by atoms with Crippen LogP contribution in [-0.4, -0.2) is 26.1 Å². The fourth-order valence-electron chi connectivity index (χ4n) is 6.05. The zero-order valence-corrected chi connectivity index (χ0v) is 16.7. The van der Waals surface area contributed by atoms with Gasteiger partial charge >= 0.3 is 6.18 Å². The van der Waals surface area contributed by atoms with Crippen LogP contribution < -0.4 is 5.32 Å². The average molecular weight is 426 g/mol. The first-order valence-electron chi connectivity index (χ1n) is 9.50. The number of sulfone groups is 1. The molecule has 0 spiro atoms. The van der Waals surface area contributed by atoms with Crippen molar-refractivity contribution in [1.29, 1.82) is 5.26 Å². The molecular weight excluding hydrogens is 405 g/mol. The van der Waals surface area contributed by atoms with E-state index in [-0.39, 0.29) is 0 Å². The van der Waals surface area contributed by atoms with Gasteiger partial charge in [0.05, 0.1) is 27.5 Å². The maximum atomic E-state index is 13.2. The molecule has 29 heavy (non-hydrogen) atoms. The molecule has 4 aliphatic rings. The van der Waals surface area contributed by atoms with E-state index in [1.165, 1.54) is 0 Å². The van der Waals surface area contributed by atoms with Crippen LogP contribution in [0.4, 0.5) is 13.2 Å². The number of amides is 1. The number of alkyl halides is 3. The molecule has 5 rings (SSSR count). The normalized spacial score (nSPS) is 33.3. The van der Waals surface area contributed by atoms with Crippen molar-refractivity contribution in [3.63, 3.8) is 0 Å². The summed E-state index contributed by atoms with van der Waals surface area (Å²) in [6.07, 6.45) is 0.545. The molecule has 0 heterocycles. The average Bonchev–Trinajstić information content (AvgIpc) is 2.58. The number of hydrogen-bond donors (Lipinski definition) is 1. The monoisotopic (exact) mass is 426 g/mol. The molecule has 1 N–H and O–H groups in total. The van der Waals surface area contributed by atoms with E-state index >= 15 is 0 Å². The third kappa shape index (κ3) is 3.52. The van der Waals surface area contributed by atoms with Crippen molar-refractivity contribution in [1.82, 2.24) is 5.32 Å². The Kier molecular flexibility index (Phi) is 4.32. The first-order chi connectivity index (χ1) is 13.3. The number of nitriles is 1. The van der Waals surface area contributed by atoms with Gasteiger partial charge in [-0.25, -0.2) is 8.42 Å². The van der Waals surface area contributed by atoms with E-state index in [9.17, 15) is 31.6 Å². The van der Waals surface area contributed by atoms with Crippen LogP contribution in [0.25, 0.3) is 0 Å². The van der Waals surface area contributed by atoms with Crippen LogP contribution in [-0.2, 0) is 16.0 Å². The minimum Gasteiger partial charge on any atom is -0.346 e. The molecule has 1 aromatic carbocycles. The molecule has 4 atom stereocenters. The number of hydrogen-bond acceptors (Lipinski definition) is 4. The lowest BCUT2D eigenvalue weighted by Gasteiger charge is -2.59. The zero-order chi connectivity index (χ0) is 21.2. The Labute approximate surface area is 167 Å². The van der Waals surface area contributed by atoms with Crippen LogP contribution >= 0.6 is 0 Å². The second-order valence-corrected chi connectivity index (χ2v) is 11.1. The van der Waals surface area contributed by atoms with Crippen molar-refractivity contribution in [3.05, 3.63) is 29.3 Å². The SMILES string of the molecule is CS(=O)(=O)c1ccc(C(F)(F)F)cc1C(=O)NC12CC3C[C@H](CC(C#N)(C3)C1)C2. The van der Waals surface area contributed by atoms with Gasteiger partial charge in [0.25, 0.3) is 5.91 Å². The molecule has 3 unspecified atom stereocenters. The van der Waals surface area contributed by atoms with Crippen LogP contribution in [0.3, 0.4) is 0 Å². The lowest BCUT2D eigenvalue weighted by atomic mass is 9.47. The van der Waals surface area contributed by atoms with E-state index in [0.29, 0.717) is 43.2 Å². The van der Waals surface area contributed by atoms with Gasteiger partial charge < -0.3 is 5.32 Å². The first-order valence-corrected chi connectivity index (χ1v) is 11.4. The highest BCUT2D eigenvalue weighted by Gasteiger charge is 2.58. The van der Waals surface area contributed by atoms with E-state index in [1.807, 2.05) is 0 Å². The number of carbonyl (C=O) groups excluding carboxylic acids is 1. The number of nitrogens with zero attached hydrogens (tertiary/aromatic N) is 1. The summed E-state index contributed by atoms with van der Waals surface area (Å²) in [6.45, 7) is 0. The minimum atomic E-state index is -4.70. The van der Waals surface area contributed by atoms with Crippen molar-refractivity contribution in [2.75, 3.05) is 6.26 Å². The van der Waals surface area contributed by atoms with Gasteiger partial charge in [0.1, 0.15) is 0 Å². The van der Waals surface area contributed by atoms with Gasteiger partial charge in [-0.2, -0.15) is 18.4 Å². The Balaban J connectivity index is 1.71. The van der Waals surface area contributed by atoms with E-state index in [1.54, 1.807) is 0 Å². The molecule has 0 radical (unpaired) electrons. The molecule has 1 aromatic rings. The summed E-state index contributed by atoms with van der Waals surface area (Å²) in [4.78, 5) is 12.6. The molecule has 4 aliphatic carbocycles. The minimum absolute atomic E-state index is 0.298. The van der Waals surface area contributed by atoms with E-state index in [4.69, 9.17) is 0 Å². The Hall–Kier alpha value is -2.08. The van der Waals surface area contributed by atoms with Gasteiger partial charge in [0.2, 0.25) is 0 Å². The number of halogens is 3. The number of carbonyl (C=O) groups is 1. The second kappa shape index (κ2) is 6.21. The lowest BCUT2D eigenvalue weighted by Crippen LogP contribution is -2.62. The predicted octanol–water partition coefficient (Wildman–Crippen LogP) is 3.70. The third-order valence-electron chi connectivity index (χ3n) is 6.63. The third-order valence-corrected chi connectivity index (χ3v) is 7.78. The molecule has 5 nitrogen and oxygen atoms in total. The van der Waals surface area contributed by atoms with Crippen LogP contribution in [0.5, 0.6) is 0 Å².